The monoisotopic (exact) mass is 380 g/mol. The molecule has 2 aliphatic rings. The number of hydrogen-bond acceptors (Lipinski definition) is 4. The van der Waals surface area contributed by atoms with Gasteiger partial charge in [0, 0.05) is 31.7 Å². The van der Waals surface area contributed by atoms with E-state index in [0.717, 1.165) is 17.7 Å². The maximum Gasteiger partial charge on any atom is 0.228 e. The molecule has 0 aliphatic carbocycles. The lowest BCUT2D eigenvalue weighted by atomic mass is 9.97. The number of methoxy groups -OCH3 is 2. The molecule has 6 nitrogen and oxygen atoms in total. The molecule has 0 bridgehead atoms. The summed E-state index contributed by atoms with van der Waals surface area (Å²) in [5.74, 6) is 1.14. The summed E-state index contributed by atoms with van der Waals surface area (Å²) < 4.78 is 10.8. The lowest BCUT2D eigenvalue weighted by molar-refractivity contribution is -0.136. The van der Waals surface area contributed by atoms with Crippen LogP contribution in [0.25, 0.3) is 0 Å². The van der Waals surface area contributed by atoms with E-state index in [0.29, 0.717) is 31.1 Å². The minimum absolute atomic E-state index is 0.00775. The molecule has 0 spiro atoms. The van der Waals surface area contributed by atoms with E-state index in [1.807, 2.05) is 47.4 Å². The number of benzene rings is 2. The molecular formula is C22H24N2O4. The molecule has 0 N–H and O–H groups in total. The highest BCUT2D eigenvalue weighted by atomic mass is 16.5. The highest BCUT2D eigenvalue weighted by molar-refractivity contribution is 6.00. The third kappa shape index (κ3) is 3.30. The van der Waals surface area contributed by atoms with Gasteiger partial charge in [0.25, 0.3) is 0 Å². The van der Waals surface area contributed by atoms with E-state index in [-0.39, 0.29) is 24.2 Å². The highest BCUT2D eigenvalue weighted by Crippen LogP contribution is 2.34. The number of amides is 2. The van der Waals surface area contributed by atoms with Gasteiger partial charge < -0.3 is 19.3 Å². The van der Waals surface area contributed by atoms with Crippen molar-refractivity contribution in [2.75, 3.05) is 32.2 Å². The van der Waals surface area contributed by atoms with E-state index in [2.05, 4.69) is 0 Å². The molecule has 1 atom stereocenters. The van der Waals surface area contributed by atoms with Crippen molar-refractivity contribution in [3.8, 4) is 11.5 Å². The average Bonchev–Trinajstić information content (AvgIpc) is 3.13. The maximum atomic E-state index is 13.1. The van der Waals surface area contributed by atoms with Gasteiger partial charge in [-0.25, -0.2) is 0 Å². The van der Waals surface area contributed by atoms with Crippen LogP contribution in [0.4, 0.5) is 5.69 Å². The number of para-hydroxylation sites is 1. The van der Waals surface area contributed by atoms with Gasteiger partial charge in [0.15, 0.2) is 11.5 Å². The second-order valence-electron chi connectivity index (χ2n) is 7.23. The zero-order valence-corrected chi connectivity index (χ0v) is 16.2. The van der Waals surface area contributed by atoms with Gasteiger partial charge in [-0.15, -0.1) is 0 Å². The predicted octanol–water partition coefficient (Wildman–Crippen LogP) is 2.64. The zero-order chi connectivity index (χ0) is 19.7. The molecule has 6 heteroatoms. The summed E-state index contributed by atoms with van der Waals surface area (Å²) in [7, 11) is 3.23. The van der Waals surface area contributed by atoms with E-state index in [9.17, 15) is 9.59 Å². The van der Waals surface area contributed by atoms with Gasteiger partial charge >= 0.3 is 0 Å². The molecule has 0 aromatic heterocycles. The Labute approximate surface area is 164 Å². The van der Waals surface area contributed by atoms with Crippen LogP contribution >= 0.6 is 0 Å². The quantitative estimate of drug-likeness (QED) is 0.818. The number of hydrogen-bond donors (Lipinski definition) is 0. The van der Waals surface area contributed by atoms with E-state index in [1.54, 1.807) is 19.1 Å². The Kier molecular flexibility index (Phi) is 4.94. The highest BCUT2D eigenvalue weighted by Gasteiger charge is 2.38. The Bertz CT molecular complexity index is 897. The van der Waals surface area contributed by atoms with Crippen molar-refractivity contribution < 1.29 is 19.1 Å². The van der Waals surface area contributed by atoms with Crippen molar-refractivity contribution in [2.45, 2.75) is 19.4 Å². The van der Waals surface area contributed by atoms with Crippen LogP contribution in [-0.4, -0.2) is 44.0 Å². The number of carbonyl (C=O) groups is 2. The minimum atomic E-state index is -0.297. The number of ether oxygens (including phenoxy) is 2. The lowest BCUT2D eigenvalue weighted by Gasteiger charge is -2.31. The van der Waals surface area contributed by atoms with Gasteiger partial charge in [0.1, 0.15) is 0 Å². The lowest BCUT2D eigenvalue weighted by Crippen LogP contribution is -2.40. The SMILES string of the molecule is COc1cc2c(cc1OC)CN(C(=O)C1CC(=O)N(c3ccccc3)C1)CC2. The van der Waals surface area contributed by atoms with E-state index >= 15 is 0 Å². The smallest absolute Gasteiger partial charge is 0.228 e. The molecule has 2 aliphatic heterocycles. The molecule has 28 heavy (non-hydrogen) atoms. The third-order valence-electron chi connectivity index (χ3n) is 5.57. The molecule has 0 saturated carbocycles. The van der Waals surface area contributed by atoms with Crippen molar-refractivity contribution in [3.05, 3.63) is 53.6 Å². The summed E-state index contributed by atoms with van der Waals surface area (Å²) in [5, 5.41) is 0. The Morgan fingerprint density at radius 3 is 2.39 bits per heavy atom. The first-order valence-electron chi connectivity index (χ1n) is 9.48. The van der Waals surface area contributed by atoms with Crippen molar-refractivity contribution >= 4 is 17.5 Å². The number of fused-ring (bicyclic) bond motifs is 1. The van der Waals surface area contributed by atoms with Crippen LogP contribution in [0.15, 0.2) is 42.5 Å². The fourth-order valence-electron chi connectivity index (χ4n) is 4.06. The van der Waals surface area contributed by atoms with Gasteiger partial charge in [-0.2, -0.15) is 0 Å². The minimum Gasteiger partial charge on any atom is -0.493 e. The summed E-state index contributed by atoms with van der Waals surface area (Å²) in [6, 6.07) is 13.5. The molecule has 146 valence electrons. The molecule has 1 unspecified atom stereocenters. The van der Waals surface area contributed by atoms with Crippen LogP contribution in [0.3, 0.4) is 0 Å². The summed E-state index contributed by atoms with van der Waals surface area (Å²) in [6.45, 7) is 1.62. The Hall–Kier alpha value is -3.02. The average molecular weight is 380 g/mol. The Morgan fingerprint density at radius 2 is 1.71 bits per heavy atom. The van der Waals surface area contributed by atoms with E-state index in [4.69, 9.17) is 9.47 Å². The van der Waals surface area contributed by atoms with Crippen LogP contribution < -0.4 is 14.4 Å². The first-order valence-corrected chi connectivity index (χ1v) is 9.48. The molecule has 2 heterocycles. The van der Waals surface area contributed by atoms with Gasteiger partial charge in [-0.3, -0.25) is 9.59 Å². The molecule has 1 saturated heterocycles. The predicted molar refractivity (Wildman–Crippen MR) is 106 cm³/mol. The largest absolute Gasteiger partial charge is 0.493 e. The van der Waals surface area contributed by atoms with Gasteiger partial charge in [0.05, 0.1) is 20.1 Å². The molecule has 2 aromatic rings. The first kappa shape index (κ1) is 18.3. The van der Waals surface area contributed by atoms with Gasteiger partial charge in [-0.1, -0.05) is 18.2 Å². The van der Waals surface area contributed by atoms with E-state index in [1.165, 1.54) is 5.56 Å². The fourth-order valence-corrected chi connectivity index (χ4v) is 4.06. The normalized spacial score (nSPS) is 18.8. The van der Waals surface area contributed by atoms with Crippen LogP contribution in [0.2, 0.25) is 0 Å². The topological polar surface area (TPSA) is 59.1 Å². The van der Waals surface area contributed by atoms with Gasteiger partial charge in [-0.05, 0) is 41.8 Å². The Morgan fingerprint density at radius 1 is 1.04 bits per heavy atom. The van der Waals surface area contributed by atoms with Crippen LogP contribution in [-0.2, 0) is 22.6 Å². The fraction of sp³-hybridized carbons (Fsp3) is 0.364. The number of nitrogens with zero attached hydrogens (tertiary/aromatic N) is 2. The summed E-state index contributed by atoms with van der Waals surface area (Å²) in [4.78, 5) is 29.1. The van der Waals surface area contributed by atoms with Gasteiger partial charge in [0.2, 0.25) is 11.8 Å². The summed E-state index contributed by atoms with van der Waals surface area (Å²) in [5.41, 5.74) is 3.10. The standard InChI is InChI=1S/C22H24N2O4/c1-27-19-10-15-8-9-23(13-16(15)11-20(19)28-2)22(26)17-12-21(25)24(14-17)18-6-4-3-5-7-18/h3-7,10-11,17H,8-9,12-14H2,1-2H3. The second-order valence-corrected chi connectivity index (χ2v) is 7.23. The second kappa shape index (κ2) is 7.54. The third-order valence-corrected chi connectivity index (χ3v) is 5.57. The van der Waals surface area contributed by atoms with Crippen LogP contribution in [0, 0.1) is 5.92 Å². The molecular weight excluding hydrogens is 356 g/mol. The molecule has 2 aromatic carbocycles. The first-order chi connectivity index (χ1) is 13.6. The number of rotatable bonds is 4. The van der Waals surface area contributed by atoms with Crippen molar-refractivity contribution in [1.29, 1.82) is 0 Å². The van der Waals surface area contributed by atoms with Crippen molar-refractivity contribution in [3.63, 3.8) is 0 Å². The molecule has 1 fully saturated rings. The molecule has 4 rings (SSSR count). The summed E-state index contributed by atoms with van der Waals surface area (Å²) in [6.07, 6.45) is 1.04. The van der Waals surface area contributed by atoms with Crippen LogP contribution in [0.1, 0.15) is 17.5 Å². The maximum absolute atomic E-state index is 13.1. The van der Waals surface area contributed by atoms with E-state index < -0.39 is 0 Å². The number of carbonyl (C=O) groups excluding carboxylic acids is 2. The Balaban J connectivity index is 1.49. The molecule has 2 amide bonds. The van der Waals surface area contributed by atoms with Crippen molar-refractivity contribution in [2.24, 2.45) is 5.92 Å². The summed E-state index contributed by atoms with van der Waals surface area (Å²) >= 11 is 0. The number of anilines is 1. The van der Waals surface area contributed by atoms with Crippen molar-refractivity contribution in [1.82, 2.24) is 4.90 Å². The zero-order valence-electron chi connectivity index (χ0n) is 16.2. The van der Waals surface area contributed by atoms with Crippen LogP contribution in [0.5, 0.6) is 11.5 Å². The molecule has 0 radical (unpaired) electrons.